The average molecular weight is 490 g/mol. The minimum Gasteiger partial charge on any atom is -0.497 e. The molecule has 0 radical (unpaired) electrons. The zero-order chi connectivity index (χ0) is 25.8. The van der Waals surface area contributed by atoms with E-state index < -0.39 is 11.7 Å². The van der Waals surface area contributed by atoms with E-state index in [4.69, 9.17) is 9.47 Å². The van der Waals surface area contributed by atoms with Crippen LogP contribution < -0.4 is 9.47 Å². The number of ether oxygens (including phenoxy) is 2. The van der Waals surface area contributed by atoms with Crippen LogP contribution in [-0.2, 0) is 4.79 Å². The molecule has 0 saturated heterocycles. The molecule has 0 N–H and O–H groups in total. The lowest BCUT2D eigenvalue weighted by molar-refractivity contribution is -0.133. The SMILES string of the molecule is COc1ccc(C2=NN(C(=O)CN(C)C(=O)c3ccccc3F)[C@H](c3ccc(C)cc3)C2)c(OC)c1. The fourth-order valence-electron chi connectivity index (χ4n) is 4.18. The second-order valence-electron chi connectivity index (χ2n) is 8.62. The van der Waals surface area contributed by atoms with E-state index in [2.05, 4.69) is 5.10 Å². The van der Waals surface area contributed by atoms with Crippen LogP contribution in [0.3, 0.4) is 0 Å². The normalized spacial score (nSPS) is 14.9. The summed E-state index contributed by atoms with van der Waals surface area (Å²) in [6, 6.07) is 18.7. The number of benzene rings is 3. The maximum Gasteiger partial charge on any atom is 0.262 e. The van der Waals surface area contributed by atoms with Crippen LogP contribution in [-0.4, -0.2) is 55.2 Å². The molecule has 0 aromatic heterocycles. The summed E-state index contributed by atoms with van der Waals surface area (Å²) in [5.74, 6) is -0.362. The average Bonchev–Trinajstić information content (AvgIpc) is 3.34. The van der Waals surface area contributed by atoms with Crippen molar-refractivity contribution < 1.29 is 23.5 Å². The number of halogens is 1. The van der Waals surface area contributed by atoms with Crippen LogP contribution in [0.2, 0.25) is 0 Å². The molecule has 0 spiro atoms. The van der Waals surface area contributed by atoms with Crippen LogP contribution in [0.5, 0.6) is 11.5 Å². The van der Waals surface area contributed by atoms with E-state index in [1.54, 1.807) is 26.4 Å². The summed E-state index contributed by atoms with van der Waals surface area (Å²) in [5.41, 5.74) is 3.36. The number of carbonyl (C=O) groups excluding carboxylic acids is 2. The maximum atomic E-state index is 14.1. The summed E-state index contributed by atoms with van der Waals surface area (Å²) in [6.45, 7) is 1.74. The predicted octanol–water partition coefficient (Wildman–Crippen LogP) is 4.60. The highest BCUT2D eigenvalue weighted by molar-refractivity contribution is 6.05. The number of aryl methyl sites for hydroxylation is 1. The van der Waals surface area contributed by atoms with E-state index in [-0.39, 0.29) is 24.1 Å². The van der Waals surface area contributed by atoms with Gasteiger partial charge in [-0.25, -0.2) is 9.40 Å². The summed E-state index contributed by atoms with van der Waals surface area (Å²) < 4.78 is 25.0. The van der Waals surface area contributed by atoms with Crippen LogP contribution >= 0.6 is 0 Å². The third-order valence-corrected chi connectivity index (χ3v) is 6.17. The zero-order valence-corrected chi connectivity index (χ0v) is 20.7. The first-order valence-corrected chi connectivity index (χ1v) is 11.5. The second kappa shape index (κ2) is 10.6. The van der Waals surface area contributed by atoms with Crippen molar-refractivity contribution in [2.24, 2.45) is 5.10 Å². The van der Waals surface area contributed by atoms with Crippen LogP contribution in [0.15, 0.2) is 71.8 Å². The van der Waals surface area contributed by atoms with Crippen molar-refractivity contribution in [2.75, 3.05) is 27.8 Å². The largest absolute Gasteiger partial charge is 0.497 e. The standard InChI is InChI=1S/C28H28FN3O4/c1-18-9-11-19(12-10-18)25-16-24(22-14-13-20(35-3)15-26(22)36-4)30-32(25)27(33)17-31(2)28(34)21-7-5-6-8-23(21)29/h5-15,25H,16-17H2,1-4H3/t25-/m0/s1. The van der Waals surface area contributed by atoms with E-state index in [1.807, 2.05) is 43.3 Å². The first kappa shape index (κ1) is 24.9. The highest BCUT2D eigenvalue weighted by atomic mass is 19.1. The molecule has 0 saturated carbocycles. The molecule has 8 heteroatoms. The minimum absolute atomic E-state index is 0.0866. The molecule has 2 amide bonds. The molecule has 1 atom stereocenters. The van der Waals surface area contributed by atoms with Crippen molar-refractivity contribution >= 4 is 17.5 Å². The number of carbonyl (C=O) groups is 2. The Kier molecular flexibility index (Phi) is 7.33. The molecule has 3 aromatic carbocycles. The Morgan fingerprint density at radius 3 is 2.44 bits per heavy atom. The molecule has 4 rings (SSSR count). The van der Waals surface area contributed by atoms with Crippen molar-refractivity contribution in [2.45, 2.75) is 19.4 Å². The third-order valence-electron chi connectivity index (χ3n) is 6.17. The van der Waals surface area contributed by atoms with Gasteiger partial charge in [-0.2, -0.15) is 5.10 Å². The lowest BCUT2D eigenvalue weighted by Crippen LogP contribution is -2.39. The number of rotatable bonds is 7. The molecular formula is C28H28FN3O4. The molecule has 0 aliphatic carbocycles. The van der Waals surface area contributed by atoms with Gasteiger partial charge in [0.2, 0.25) is 0 Å². The van der Waals surface area contributed by atoms with Crippen LogP contribution in [0, 0.1) is 12.7 Å². The number of hydrazone groups is 1. The van der Waals surface area contributed by atoms with Gasteiger partial charge in [-0.3, -0.25) is 9.59 Å². The number of likely N-dealkylation sites (N-methyl/N-ethyl adjacent to an activating group) is 1. The highest BCUT2D eigenvalue weighted by Crippen LogP contribution is 2.36. The summed E-state index contributed by atoms with van der Waals surface area (Å²) in [7, 11) is 4.62. The predicted molar refractivity (Wildman–Crippen MR) is 135 cm³/mol. The van der Waals surface area contributed by atoms with Gasteiger partial charge in [0.25, 0.3) is 11.8 Å². The highest BCUT2D eigenvalue weighted by Gasteiger charge is 2.35. The molecule has 7 nitrogen and oxygen atoms in total. The van der Waals surface area contributed by atoms with E-state index in [0.717, 1.165) is 16.7 Å². The molecule has 0 unspecified atom stereocenters. The van der Waals surface area contributed by atoms with Crippen LogP contribution in [0.1, 0.15) is 39.5 Å². The van der Waals surface area contributed by atoms with E-state index >= 15 is 0 Å². The van der Waals surface area contributed by atoms with Gasteiger partial charge in [-0.05, 0) is 36.8 Å². The number of nitrogens with zero attached hydrogens (tertiary/aromatic N) is 3. The topological polar surface area (TPSA) is 71.4 Å². The van der Waals surface area contributed by atoms with E-state index in [9.17, 15) is 14.0 Å². The Bertz CT molecular complexity index is 1310. The van der Waals surface area contributed by atoms with Crippen LogP contribution in [0.25, 0.3) is 0 Å². The molecule has 1 heterocycles. The Balaban J connectivity index is 1.64. The molecule has 186 valence electrons. The zero-order valence-electron chi connectivity index (χ0n) is 20.7. The van der Waals surface area contributed by atoms with Crippen molar-refractivity contribution in [1.82, 2.24) is 9.91 Å². The Labute approximate surface area is 209 Å². The number of methoxy groups -OCH3 is 2. The summed E-state index contributed by atoms with van der Waals surface area (Å²) >= 11 is 0. The molecule has 0 bridgehead atoms. The summed E-state index contributed by atoms with van der Waals surface area (Å²) in [6.07, 6.45) is 0.461. The minimum atomic E-state index is -0.632. The molecular weight excluding hydrogens is 461 g/mol. The van der Waals surface area contributed by atoms with Gasteiger partial charge >= 0.3 is 0 Å². The van der Waals surface area contributed by atoms with Gasteiger partial charge in [-0.1, -0.05) is 42.0 Å². The Morgan fingerprint density at radius 2 is 1.78 bits per heavy atom. The first-order valence-electron chi connectivity index (χ1n) is 11.5. The molecule has 36 heavy (non-hydrogen) atoms. The molecule has 1 aliphatic rings. The maximum absolute atomic E-state index is 14.1. The smallest absolute Gasteiger partial charge is 0.262 e. The Morgan fingerprint density at radius 1 is 1.06 bits per heavy atom. The lowest BCUT2D eigenvalue weighted by Gasteiger charge is -2.25. The number of amides is 2. The van der Waals surface area contributed by atoms with Crippen molar-refractivity contribution in [1.29, 1.82) is 0 Å². The van der Waals surface area contributed by atoms with E-state index in [0.29, 0.717) is 23.6 Å². The van der Waals surface area contributed by atoms with Crippen LogP contribution in [0.4, 0.5) is 4.39 Å². The molecule has 1 aliphatic heterocycles. The summed E-state index contributed by atoms with van der Waals surface area (Å²) in [4.78, 5) is 27.4. The molecule has 3 aromatic rings. The fraction of sp³-hybridized carbons (Fsp3) is 0.250. The van der Waals surface area contributed by atoms with Gasteiger partial charge in [0.1, 0.15) is 23.9 Å². The lowest BCUT2D eigenvalue weighted by atomic mass is 9.97. The van der Waals surface area contributed by atoms with E-state index in [1.165, 1.54) is 35.2 Å². The third kappa shape index (κ3) is 5.07. The van der Waals surface area contributed by atoms with Gasteiger partial charge in [-0.15, -0.1) is 0 Å². The first-order chi connectivity index (χ1) is 17.3. The van der Waals surface area contributed by atoms with Gasteiger partial charge < -0.3 is 14.4 Å². The van der Waals surface area contributed by atoms with Crippen molar-refractivity contribution in [3.8, 4) is 11.5 Å². The van der Waals surface area contributed by atoms with Crippen molar-refractivity contribution in [3.05, 3.63) is 94.8 Å². The monoisotopic (exact) mass is 489 g/mol. The quantitative estimate of drug-likeness (QED) is 0.486. The van der Waals surface area contributed by atoms with Gasteiger partial charge in [0.15, 0.2) is 0 Å². The number of hydrogen-bond donors (Lipinski definition) is 0. The Hall–Kier alpha value is -4.20. The van der Waals surface area contributed by atoms with Gasteiger partial charge in [0, 0.05) is 25.1 Å². The second-order valence-corrected chi connectivity index (χ2v) is 8.62. The summed E-state index contributed by atoms with van der Waals surface area (Å²) in [5, 5.41) is 6.08. The van der Waals surface area contributed by atoms with Crippen molar-refractivity contribution in [3.63, 3.8) is 0 Å². The fourth-order valence-corrected chi connectivity index (χ4v) is 4.18. The van der Waals surface area contributed by atoms with Gasteiger partial charge in [0.05, 0.1) is 31.5 Å². The number of hydrogen-bond acceptors (Lipinski definition) is 5. The molecule has 0 fully saturated rings.